The smallest absolute Gasteiger partial charge is 0.310 e. The third-order valence-corrected chi connectivity index (χ3v) is 4.77. The number of carbonyl (C=O) groups is 2. The van der Waals surface area contributed by atoms with Crippen molar-refractivity contribution in [3.05, 3.63) is 46.3 Å². The molecular formula is C21H26N2O4. The molecular weight excluding hydrogens is 344 g/mol. The summed E-state index contributed by atoms with van der Waals surface area (Å²) >= 11 is 0. The first-order valence-electron chi connectivity index (χ1n) is 9.32. The maximum absolute atomic E-state index is 12.3. The SMILES string of the molecule is Cc1nn(CC(C)C)c(C)c1CC(=O)OCC(=O)c1ccc2c(c1)CCO2. The number of esters is 1. The van der Waals surface area contributed by atoms with Crippen LogP contribution in [0.5, 0.6) is 5.75 Å². The number of hydrogen-bond donors (Lipinski definition) is 0. The van der Waals surface area contributed by atoms with Crippen LogP contribution in [0.2, 0.25) is 0 Å². The van der Waals surface area contributed by atoms with Gasteiger partial charge in [0.15, 0.2) is 12.4 Å². The Kier molecular flexibility index (Phi) is 5.63. The van der Waals surface area contributed by atoms with E-state index < -0.39 is 5.97 Å². The van der Waals surface area contributed by atoms with E-state index in [4.69, 9.17) is 9.47 Å². The minimum atomic E-state index is -0.414. The predicted octanol–water partition coefficient (Wildman–Crippen LogP) is 3.06. The first kappa shape index (κ1) is 19.1. The Bertz CT molecular complexity index is 867. The van der Waals surface area contributed by atoms with Gasteiger partial charge in [-0.15, -0.1) is 0 Å². The standard InChI is InChI=1S/C21H26N2O4/c1-13(2)11-23-15(4)18(14(3)22-23)10-21(25)27-12-19(24)16-5-6-20-17(9-16)7-8-26-20/h5-6,9,13H,7-8,10-12H2,1-4H3. The number of fused-ring (bicyclic) bond motifs is 1. The largest absolute Gasteiger partial charge is 0.493 e. The second-order valence-electron chi connectivity index (χ2n) is 7.41. The van der Waals surface area contributed by atoms with E-state index in [2.05, 4.69) is 18.9 Å². The lowest BCUT2D eigenvalue weighted by Gasteiger charge is -2.08. The molecule has 0 atom stereocenters. The van der Waals surface area contributed by atoms with Gasteiger partial charge in [0.2, 0.25) is 0 Å². The summed E-state index contributed by atoms with van der Waals surface area (Å²) in [5, 5.41) is 4.51. The van der Waals surface area contributed by atoms with Crippen LogP contribution in [0, 0.1) is 19.8 Å². The number of aromatic nitrogens is 2. The van der Waals surface area contributed by atoms with E-state index in [0.29, 0.717) is 18.1 Å². The van der Waals surface area contributed by atoms with E-state index in [1.165, 1.54) is 0 Å². The van der Waals surface area contributed by atoms with Crippen LogP contribution in [0.25, 0.3) is 0 Å². The summed E-state index contributed by atoms with van der Waals surface area (Å²) in [4.78, 5) is 24.6. The van der Waals surface area contributed by atoms with Crippen molar-refractivity contribution < 1.29 is 19.1 Å². The van der Waals surface area contributed by atoms with Crippen LogP contribution in [-0.2, 0) is 28.9 Å². The van der Waals surface area contributed by atoms with Gasteiger partial charge in [0.1, 0.15) is 5.75 Å². The van der Waals surface area contributed by atoms with E-state index in [1.54, 1.807) is 12.1 Å². The maximum Gasteiger partial charge on any atom is 0.310 e. The van der Waals surface area contributed by atoms with Crippen LogP contribution >= 0.6 is 0 Å². The number of nitrogens with zero attached hydrogens (tertiary/aromatic N) is 2. The van der Waals surface area contributed by atoms with Gasteiger partial charge in [0, 0.05) is 29.8 Å². The second kappa shape index (κ2) is 7.94. The monoisotopic (exact) mass is 370 g/mol. The van der Waals surface area contributed by atoms with Crippen molar-refractivity contribution in [1.29, 1.82) is 0 Å². The Labute approximate surface area is 159 Å². The van der Waals surface area contributed by atoms with Crippen LogP contribution < -0.4 is 4.74 Å². The molecule has 1 aliphatic rings. The summed E-state index contributed by atoms with van der Waals surface area (Å²) in [7, 11) is 0. The highest BCUT2D eigenvalue weighted by Crippen LogP contribution is 2.26. The van der Waals surface area contributed by atoms with Crippen molar-refractivity contribution in [2.75, 3.05) is 13.2 Å². The summed E-state index contributed by atoms with van der Waals surface area (Å²) in [5.74, 6) is 0.677. The van der Waals surface area contributed by atoms with E-state index in [1.807, 2.05) is 24.6 Å². The third-order valence-electron chi connectivity index (χ3n) is 4.77. The summed E-state index contributed by atoms with van der Waals surface area (Å²) in [5.41, 5.74) is 4.25. The molecule has 1 aromatic carbocycles. The number of hydrogen-bond acceptors (Lipinski definition) is 5. The highest BCUT2D eigenvalue weighted by atomic mass is 16.5. The Morgan fingerprint density at radius 1 is 1.30 bits per heavy atom. The van der Waals surface area contributed by atoms with Crippen LogP contribution in [0.4, 0.5) is 0 Å². The number of aryl methyl sites for hydroxylation is 1. The Morgan fingerprint density at radius 3 is 2.81 bits per heavy atom. The summed E-state index contributed by atoms with van der Waals surface area (Å²) < 4.78 is 12.6. The minimum absolute atomic E-state index is 0.126. The first-order chi connectivity index (χ1) is 12.8. The lowest BCUT2D eigenvalue weighted by molar-refractivity contribution is -0.141. The lowest BCUT2D eigenvalue weighted by Crippen LogP contribution is -2.16. The lowest BCUT2D eigenvalue weighted by atomic mass is 10.1. The van der Waals surface area contributed by atoms with Crippen LogP contribution in [0.1, 0.15) is 46.7 Å². The predicted molar refractivity (Wildman–Crippen MR) is 101 cm³/mol. The zero-order chi connectivity index (χ0) is 19.6. The van der Waals surface area contributed by atoms with Crippen molar-refractivity contribution in [1.82, 2.24) is 9.78 Å². The molecule has 0 spiro atoms. The van der Waals surface area contributed by atoms with Gasteiger partial charge >= 0.3 is 5.97 Å². The molecule has 0 unspecified atom stereocenters. The normalized spacial score (nSPS) is 12.8. The highest BCUT2D eigenvalue weighted by molar-refractivity contribution is 5.98. The average Bonchev–Trinajstić information content (AvgIpc) is 3.18. The van der Waals surface area contributed by atoms with Crippen molar-refractivity contribution in [3.63, 3.8) is 0 Å². The molecule has 27 heavy (non-hydrogen) atoms. The second-order valence-corrected chi connectivity index (χ2v) is 7.41. The summed E-state index contributed by atoms with van der Waals surface area (Å²) in [6, 6.07) is 5.33. The quantitative estimate of drug-likeness (QED) is 0.553. The molecule has 0 saturated carbocycles. The van der Waals surface area contributed by atoms with E-state index in [0.717, 1.165) is 41.2 Å². The molecule has 0 saturated heterocycles. The van der Waals surface area contributed by atoms with Gasteiger partial charge < -0.3 is 9.47 Å². The molecule has 0 aliphatic carbocycles. The van der Waals surface area contributed by atoms with E-state index >= 15 is 0 Å². The summed E-state index contributed by atoms with van der Waals surface area (Å²) in [6.45, 7) is 9.30. The molecule has 2 aromatic rings. The zero-order valence-corrected chi connectivity index (χ0v) is 16.4. The Balaban J connectivity index is 1.58. The van der Waals surface area contributed by atoms with Crippen molar-refractivity contribution in [3.8, 4) is 5.75 Å². The maximum atomic E-state index is 12.3. The molecule has 6 nitrogen and oxygen atoms in total. The molecule has 0 bridgehead atoms. The third kappa shape index (κ3) is 4.38. The molecule has 3 rings (SSSR count). The van der Waals surface area contributed by atoms with Gasteiger partial charge in [0.05, 0.1) is 18.7 Å². The molecule has 1 aromatic heterocycles. The van der Waals surface area contributed by atoms with E-state index in [9.17, 15) is 9.59 Å². The van der Waals surface area contributed by atoms with Gasteiger partial charge in [0.25, 0.3) is 0 Å². The topological polar surface area (TPSA) is 70.4 Å². The first-order valence-corrected chi connectivity index (χ1v) is 9.32. The van der Waals surface area contributed by atoms with Gasteiger partial charge in [-0.1, -0.05) is 13.8 Å². The number of benzene rings is 1. The molecule has 144 valence electrons. The fraction of sp³-hybridized carbons (Fsp3) is 0.476. The van der Waals surface area contributed by atoms with Crippen molar-refractivity contribution >= 4 is 11.8 Å². The molecule has 0 radical (unpaired) electrons. The molecule has 2 heterocycles. The van der Waals surface area contributed by atoms with Gasteiger partial charge in [-0.25, -0.2) is 0 Å². The zero-order valence-electron chi connectivity index (χ0n) is 16.4. The summed E-state index contributed by atoms with van der Waals surface area (Å²) in [6.07, 6.45) is 0.927. The number of ether oxygens (including phenoxy) is 2. The molecule has 0 fully saturated rings. The van der Waals surface area contributed by atoms with Crippen LogP contribution in [0.15, 0.2) is 18.2 Å². The molecule has 1 aliphatic heterocycles. The molecule has 0 amide bonds. The average molecular weight is 370 g/mol. The van der Waals surface area contributed by atoms with Gasteiger partial charge in [-0.05, 0) is 43.5 Å². The minimum Gasteiger partial charge on any atom is -0.493 e. The Morgan fingerprint density at radius 2 is 2.07 bits per heavy atom. The van der Waals surface area contributed by atoms with Crippen LogP contribution in [-0.4, -0.2) is 34.7 Å². The Hall–Kier alpha value is -2.63. The molecule has 0 N–H and O–H groups in total. The molecule has 6 heteroatoms. The van der Waals surface area contributed by atoms with Gasteiger partial charge in [-0.2, -0.15) is 5.10 Å². The van der Waals surface area contributed by atoms with Gasteiger partial charge in [-0.3, -0.25) is 14.3 Å². The van der Waals surface area contributed by atoms with E-state index in [-0.39, 0.29) is 18.8 Å². The van der Waals surface area contributed by atoms with Crippen molar-refractivity contribution in [2.45, 2.75) is 47.1 Å². The number of ketones is 1. The highest BCUT2D eigenvalue weighted by Gasteiger charge is 2.19. The van der Waals surface area contributed by atoms with Crippen LogP contribution in [0.3, 0.4) is 0 Å². The fourth-order valence-corrected chi connectivity index (χ4v) is 3.30. The number of carbonyl (C=O) groups excluding carboxylic acids is 2. The van der Waals surface area contributed by atoms with Crippen molar-refractivity contribution in [2.24, 2.45) is 5.92 Å². The number of Topliss-reactive ketones (excluding diaryl/α,β-unsaturated/α-hetero) is 1. The fourth-order valence-electron chi connectivity index (χ4n) is 3.30. The number of rotatable bonds is 7.